The van der Waals surface area contributed by atoms with E-state index in [4.69, 9.17) is 9.15 Å². The number of nitrogens with zero attached hydrogens (tertiary/aromatic N) is 2. The van der Waals surface area contributed by atoms with Gasteiger partial charge in [-0.2, -0.15) is 39.5 Å². The summed E-state index contributed by atoms with van der Waals surface area (Å²) < 4.78 is 133. The Morgan fingerprint density at radius 2 is 1.26 bits per heavy atom. The Kier molecular flexibility index (Phi) is 5.76. The summed E-state index contributed by atoms with van der Waals surface area (Å²) in [4.78, 5) is 0. The summed E-state index contributed by atoms with van der Waals surface area (Å²) in [5, 5.41) is 9.22. The lowest BCUT2D eigenvalue weighted by Crippen LogP contribution is -2.23. The Hall–Kier alpha value is -4.29. The van der Waals surface area contributed by atoms with Gasteiger partial charge in [0.05, 0.1) is 17.4 Å². The van der Waals surface area contributed by atoms with E-state index in [0.29, 0.717) is 10.8 Å². The van der Waals surface area contributed by atoms with E-state index in [2.05, 4.69) is 10.2 Å². The van der Waals surface area contributed by atoms with Crippen molar-refractivity contribution in [2.24, 2.45) is 0 Å². The van der Waals surface area contributed by atoms with Gasteiger partial charge in [0.2, 0.25) is 5.88 Å². The maximum Gasteiger partial charge on any atom is 0.420 e. The Labute approximate surface area is 206 Å². The van der Waals surface area contributed by atoms with Gasteiger partial charge in [0.15, 0.2) is 5.76 Å². The van der Waals surface area contributed by atoms with Gasteiger partial charge in [-0.25, -0.2) is 0 Å². The molecule has 0 aliphatic heterocycles. The predicted molar refractivity (Wildman–Crippen MR) is 116 cm³/mol. The van der Waals surface area contributed by atoms with E-state index >= 15 is 0 Å². The Morgan fingerprint density at radius 1 is 0.632 bits per heavy atom. The molecule has 0 amide bonds. The lowest BCUT2D eigenvalue weighted by atomic mass is 9.98. The molecular weight excluding hydrogens is 531 g/mol. The number of rotatable bonds is 3. The van der Waals surface area contributed by atoms with E-state index in [1.54, 1.807) is 36.4 Å². The summed E-state index contributed by atoms with van der Waals surface area (Å²) in [5.74, 6) is -1.94. The number of hydrogen-bond donors (Lipinski definition) is 0. The number of alkyl halides is 9. The highest BCUT2D eigenvalue weighted by atomic mass is 19.4. The van der Waals surface area contributed by atoms with Gasteiger partial charge >= 0.3 is 18.5 Å². The van der Waals surface area contributed by atoms with Gasteiger partial charge in [0.25, 0.3) is 0 Å². The first kappa shape index (κ1) is 25.4. The maximum atomic E-state index is 13.9. The third kappa shape index (κ3) is 4.48. The van der Waals surface area contributed by atoms with Crippen LogP contribution < -0.4 is 4.74 Å². The first-order chi connectivity index (χ1) is 17.7. The van der Waals surface area contributed by atoms with Gasteiger partial charge in [-0.05, 0) is 47.2 Å². The van der Waals surface area contributed by atoms with E-state index < -0.39 is 46.8 Å². The highest BCUT2D eigenvalue weighted by Gasteiger charge is 2.52. The molecule has 0 unspecified atom stereocenters. The monoisotopic (exact) mass is 542 g/mol. The smallest absolute Gasteiger partial charge is 0.420 e. The summed E-state index contributed by atoms with van der Waals surface area (Å²) in [7, 11) is 0. The number of aromatic nitrogens is 2. The molecule has 0 fully saturated rings. The van der Waals surface area contributed by atoms with Crippen LogP contribution in [0, 0.1) is 0 Å². The van der Waals surface area contributed by atoms with Crippen molar-refractivity contribution in [3.63, 3.8) is 0 Å². The molecule has 38 heavy (non-hydrogen) atoms. The number of halogens is 9. The molecule has 5 rings (SSSR count). The van der Waals surface area contributed by atoms with Crippen molar-refractivity contribution in [3.05, 3.63) is 83.6 Å². The zero-order valence-electron chi connectivity index (χ0n) is 18.5. The molecular formula is C25H11F9N2O2. The average molecular weight is 542 g/mol. The van der Waals surface area contributed by atoms with Crippen molar-refractivity contribution in [1.82, 2.24) is 10.2 Å². The molecule has 0 aliphatic rings. The molecule has 0 saturated heterocycles. The first-order valence-electron chi connectivity index (χ1n) is 10.5. The molecule has 0 aliphatic carbocycles. The van der Waals surface area contributed by atoms with Crippen LogP contribution in [-0.2, 0) is 18.5 Å². The quantitative estimate of drug-likeness (QED) is 0.169. The van der Waals surface area contributed by atoms with Crippen LogP contribution in [0.15, 0.2) is 71.3 Å². The van der Waals surface area contributed by atoms with Crippen molar-refractivity contribution in [3.8, 4) is 23.1 Å². The first-order valence-corrected chi connectivity index (χ1v) is 10.5. The molecule has 196 valence electrons. The summed E-state index contributed by atoms with van der Waals surface area (Å²) in [6, 6.07) is 13.0. The normalized spacial score (nSPS) is 12.9. The number of ether oxygens (including phenoxy) is 1. The highest BCUT2D eigenvalue weighted by Crippen LogP contribution is 2.51. The summed E-state index contributed by atoms with van der Waals surface area (Å²) in [5.41, 5.74) is -7.89. The Bertz CT molecular complexity index is 1650. The minimum Gasteiger partial charge on any atom is -0.463 e. The number of hydrogen-bond acceptors (Lipinski definition) is 4. The van der Waals surface area contributed by atoms with Crippen LogP contribution in [0.4, 0.5) is 39.5 Å². The van der Waals surface area contributed by atoms with Crippen molar-refractivity contribution >= 4 is 21.5 Å². The van der Waals surface area contributed by atoms with Gasteiger partial charge in [-0.3, -0.25) is 0 Å². The fourth-order valence-corrected chi connectivity index (χ4v) is 4.07. The summed E-state index contributed by atoms with van der Waals surface area (Å²) >= 11 is 0. The van der Waals surface area contributed by atoms with E-state index in [9.17, 15) is 39.5 Å². The highest BCUT2D eigenvalue weighted by molar-refractivity contribution is 6.05. The zero-order valence-corrected chi connectivity index (χ0v) is 18.5. The Morgan fingerprint density at radius 3 is 1.82 bits per heavy atom. The Balaban J connectivity index is 1.78. The third-order valence-electron chi connectivity index (χ3n) is 5.61. The summed E-state index contributed by atoms with van der Waals surface area (Å²) in [6.45, 7) is 0. The molecule has 0 N–H and O–H groups in total. The molecule has 0 spiro atoms. The van der Waals surface area contributed by atoms with Gasteiger partial charge in [0.1, 0.15) is 17.0 Å². The van der Waals surface area contributed by atoms with Crippen molar-refractivity contribution in [1.29, 1.82) is 0 Å². The second kappa shape index (κ2) is 8.64. The summed E-state index contributed by atoms with van der Waals surface area (Å²) in [6.07, 6.45) is -16.3. The SMILES string of the molecule is FC(F)(F)c1ccc(Oc2nnc(-c3ccco3)c3cc4ccccc4cc23)c(C(F)(F)F)c1C(F)(F)F. The lowest BCUT2D eigenvalue weighted by Gasteiger charge is -2.23. The minimum absolute atomic E-state index is 0.0340. The van der Waals surface area contributed by atoms with Crippen LogP contribution in [-0.4, -0.2) is 10.2 Å². The molecule has 2 heterocycles. The molecule has 0 bridgehead atoms. The van der Waals surface area contributed by atoms with E-state index in [0.717, 1.165) is 0 Å². The molecule has 0 atom stereocenters. The predicted octanol–water partition coefficient (Wildman–Crippen LogP) is 8.89. The molecule has 2 aromatic heterocycles. The molecule has 5 aromatic rings. The minimum atomic E-state index is -6.01. The van der Waals surface area contributed by atoms with Gasteiger partial charge < -0.3 is 9.15 Å². The lowest BCUT2D eigenvalue weighted by molar-refractivity contribution is -0.175. The van der Waals surface area contributed by atoms with Gasteiger partial charge in [-0.15, -0.1) is 10.2 Å². The fraction of sp³-hybridized carbons (Fsp3) is 0.120. The topological polar surface area (TPSA) is 48.2 Å². The van der Waals surface area contributed by atoms with Crippen LogP contribution in [0.1, 0.15) is 16.7 Å². The van der Waals surface area contributed by atoms with Crippen molar-refractivity contribution in [2.75, 3.05) is 0 Å². The van der Waals surface area contributed by atoms with Gasteiger partial charge in [0, 0.05) is 10.8 Å². The average Bonchev–Trinajstić information content (AvgIpc) is 3.35. The number of fused-ring (bicyclic) bond motifs is 2. The van der Waals surface area contributed by atoms with Gasteiger partial charge in [-0.1, -0.05) is 24.3 Å². The molecule has 13 heteroatoms. The van der Waals surface area contributed by atoms with Crippen LogP contribution in [0.25, 0.3) is 33.0 Å². The third-order valence-corrected chi connectivity index (χ3v) is 5.61. The van der Waals surface area contributed by atoms with Crippen LogP contribution in [0.2, 0.25) is 0 Å². The maximum absolute atomic E-state index is 13.9. The standard InChI is InChI=1S/C25H11F9N2O2/c26-23(27,28)16-7-8-17(20(25(32,33)34)19(16)24(29,30)31)38-22-15-11-13-5-2-1-4-12(13)10-14(15)21(35-36-22)18-6-3-9-37-18/h1-11H. The fourth-order valence-electron chi connectivity index (χ4n) is 4.07. The zero-order chi connectivity index (χ0) is 27.5. The number of benzene rings is 3. The van der Waals surface area contributed by atoms with Crippen molar-refractivity contribution in [2.45, 2.75) is 18.5 Å². The van der Waals surface area contributed by atoms with Crippen LogP contribution in [0.5, 0.6) is 11.6 Å². The molecule has 3 aromatic carbocycles. The van der Waals surface area contributed by atoms with Crippen LogP contribution >= 0.6 is 0 Å². The second-order valence-electron chi connectivity index (χ2n) is 8.03. The van der Waals surface area contributed by atoms with E-state index in [-0.39, 0.29) is 34.4 Å². The molecule has 0 saturated carbocycles. The molecule has 4 nitrogen and oxygen atoms in total. The van der Waals surface area contributed by atoms with E-state index in [1.807, 2.05) is 0 Å². The van der Waals surface area contributed by atoms with Crippen LogP contribution in [0.3, 0.4) is 0 Å². The molecule has 0 radical (unpaired) electrons. The van der Waals surface area contributed by atoms with E-state index in [1.165, 1.54) is 18.4 Å². The van der Waals surface area contributed by atoms with Crippen molar-refractivity contribution < 1.29 is 48.7 Å². The largest absolute Gasteiger partial charge is 0.463 e. The number of furan rings is 1. The second-order valence-corrected chi connectivity index (χ2v) is 8.03.